The highest BCUT2D eigenvalue weighted by atomic mass is 19.4. The number of rotatable bonds is 7. The Bertz CT molecular complexity index is 429. The van der Waals surface area contributed by atoms with E-state index in [-0.39, 0.29) is 5.75 Å². The first kappa shape index (κ1) is 15.2. The fourth-order valence-electron chi connectivity index (χ4n) is 2.51. The Kier molecular flexibility index (Phi) is 4.91. The van der Waals surface area contributed by atoms with Gasteiger partial charge in [0.2, 0.25) is 0 Å². The van der Waals surface area contributed by atoms with E-state index in [2.05, 4.69) is 17.0 Å². The maximum Gasteiger partial charge on any atom is 0.573 e. The molecule has 1 fully saturated rings. The molecule has 20 heavy (non-hydrogen) atoms. The van der Waals surface area contributed by atoms with Gasteiger partial charge >= 0.3 is 6.36 Å². The predicted octanol–water partition coefficient (Wildman–Crippen LogP) is 3.91. The van der Waals surface area contributed by atoms with Gasteiger partial charge in [-0.05, 0) is 49.8 Å². The first-order valence-electron chi connectivity index (χ1n) is 7.06. The van der Waals surface area contributed by atoms with Gasteiger partial charge in [0.25, 0.3) is 0 Å². The highest BCUT2D eigenvalue weighted by molar-refractivity contribution is 5.33. The minimum absolute atomic E-state index is 0.0777. The fraction of sp³-hybridized carbons (Fsp3) is 0.600. The van der Waals surface area contributed by atoms with Gasteiger partial charge in [-0.2, -0.15) is 0 Å². The van der Waals surface area contributed by atoms with Crippen molar-refractivity contribution in [1.29, 1.82) is 0 Å². The first-order valence-corrected chi connectivity index (χ1v) is 7.06. The molecule has 1 aliphatic rings. The van der Waals surface area contributed by atoms with Crippen molar-refractivity contribution in [3.8, 4) is 5.75 Å². The lowest BCUT2D eigenvalue weighted by Gasteiger charge is -2.18. The van der Waals surface area contributed by atoms with E-state index in [0.29, 0.717) is 23.9 Å². The lowest BCUT2D eigenvalue weighted by Crippen LogP contribution is -2.31. The van der Waals surface area contributed by atoms with Gasteiger partial charge < -0.3 is 10.1 Å². The molecule has 1 unspecified atom stereocenters. The number of alkyl halides is 3. The zero-order valence-electron chi connectivity index (χ0n) is 11.5. The van der Waals surface area contributed by atoms with E-state index in [1.165, 1.54) is 18.9 Å². The molecule has 0 aliphatic heterocycles. The van der Waals surface area contributed by atoms with Crippen LogP contribution in [-0.4, -0.2) is 18.9 Å². The van der Waals surface area contributed by atoms with Crippen LogP contribution in [0, 0.1) is 5.92 Å². The Morgan fingerprint density at radius 3 is 2.60 bits per heavy atom. The number of aryl methyl sites for hydroxylation is 1. The van der Waals surface area contributed by atoms with E-state index in [1.807, 2.05) is 0 Å². The van der Waals surface area contributed by atoms with Gasteiger partial charge in [0.05, 0.1) is 0 Å². The number of halogens is 3. The van der Waals surface area contributed by atoms with Gasteiger partial charge in [-0.25, -0.2) is 0 Å². The number of para-hydroxylation sites is 1. The number of ether oxygens (including phenoxy) is 1. The van der Waals surface area contributed by atoms with Gasteiger partial charge in [0, 0.05) is 6.04 Å². The molecule has 0 bridgehead atoms. The zero-order valence-corrected chi connectivity index (χ0v) is 11.5. The van der Waals surface area contributed by atoms with Crippen molar-refractivity contribution in [1.82, 2.24) is 5.32 Å². The monoisotopic (exact) mass is 287 g/mol. The van der Waals surface area contributed by atoms with Crippen molar-refractivity contribution < 1.29 is 17.9 Å². The highest BCUT2D eigenvalue weighted by Gasteiger charge is 2.33. The molecular formula is C15H20F3NO. The van der Waals surface area contributed by atoms with Crippen molar-refractivity contribution in [2.24, 2.45) is 5.92 Å². The second-order valence-corrected chi connectivity index (χ2v) is 5.20. The molecule has 0 aromatic heterocycles. The maximum absolute atomic E-state index is 12.3. The predicted molar refractivity (Wildman–Crippen MR) is 71.6 cm³/mol. The summed E-state index contributed by atoms with van der Waals surface area (Å²) < 4.78 is 41.1. The summed E-state index contributed by atoms with van der Waals surface area (Å²) in [6, 6.07) is 6.80. The molecule has 0 radical (unpaired) electrons. The summed E-state index contributed by atoms with van der Waals surface area (Å²) in [5.41, 5.74) is 0.619. The number of nitrogens with one attached hydrogen (secondary N) is 1. The van der Waals surface area contributed by atoms with E-state index < -0.39 is 6.36 Å². The Morgan fingerprint density at radius 2 is 2.00 bits per heavy atom. The van der Waals surface area contributed by atoms with Crippen LogP contribution in [0.5, 0.6) is 5.75 Å². The minimum atomic E-state index is -4.63. The molecule has 0 saturated heterocycles. The van der Waals surface area contributed by atoms with Gasteiger partial charge in [0.15, 0.2) is 0 Å². The van der Waals surface area contributed by atoms with E-state index in [4.69, 9.17) is 0 Å². The normalized spacial score (nSPS) is 17.0. The van der Waals surface area contributed by atoms with E-state index in [1.54, 1.807) is 18.2 Å². The second kappa shape index (κ2) is 6.48. The molecule has 1 atom stereocenters. The van der Waals surface area contributed by atoms with Crippen LogP contribution >= 0.6 is 0 Å². The Labute approximate surface area is 117 Å². The Hall–Kier alpha value is -1.23. The topological polar surface area (TPSA) is 21.3 Å². The van der Waals surface area contributed by atoms with Gasteiger partial charge in [-0.1, -0.05) is 25.1 Å². The quantitative estimate of drug-likeness (QED) is 0.821. The van der Waals surface area contributed by atoms with Crippen molar-refractivity contribution in [2.75, 3.05) is 6.54 Å². The Balaban J connectivity index is 1.97. The van der Waals surface area contributed by atoms with Crippen LogP contribution in [0.15, 0.2) is 24.3 Å². The average Bonchev–Trinajstić information content (AvgIpc) is 3.18. The van der Waals surface area contributed by atoms with Crippen LogP contribution in [-0.2, 0) is 6.42 Å². The maximum atomic E-state index is 12.3. The van der Waals surface area contributed by atoms with E-state index in [0.717, 1.165) is 13.0 Å². The average molecular weight is 287 g/mol. The summed E-state index contributed by atoms with van der Waals surface area (Å²) in [5.74, 6) is 0.608. The molecule has 0 spiro atoms. The van der Waals surface area contributed by atoms with Crippen LogP contribution in [0.2, 0.25) is 0 Å². The lowest BCUT2D eigenvalue weighted by atomic mass is 10.0. The van der Waals surface area contributed by atoms with Crippen molar-refractivity contribution in [2.45, 2.75) is 45.0 Å². The molecule has 2 nitrogen and oxygen atoms in total. The van der Waals surface area contributed by atoms with Gasteiger partial charge in [-0.3, -0.25) is 0 Å². The number of hydrogen-bond acceptors (Lipinski definition) is 2. The van der Waals surface area contributed by atoms with Crippen LogP contribution in [0.4, 0.5) is 13.2 Å². The summed E-state index contributed by atoms with van der Waals surface area (Å²) in [7, 11) is 0. The SMILES string of the molecule is CCNC(CCc1ccccc1OC(F)(F)F)C1CC1. The molecular weight excluding hydrogens is 267 g/mol. The largest absolute Gasteiger partial charge is 0.573 e. The van der Waals surface area contributed by atoms with Crippen molar-refractivity contribution >= 4 is 0 Å². The number of benzene rings is 1. The molecule has 1 N–H and O–H groups in total. The third-order valence-electron chi connectivity index (χ3n) is 3.58. The molecule has 0 heterocycles. The van der Waals surface area contributed by atoms with E-state index in [9.17, 15) is 13.2 Å². The van der Waals surface area contributed by atoms with Gasteiger partial charge in [-0.15, -0.1) is 13.2 Å². The zero-order chi connectivity index (χ0) is 14.6. The summed E-state index contributed by atoms with van der Waals surface area (Å²) in [5, 5.41) is 3.42. The molecule has 0 amide bonds. The van der Waals surface area contributed by atoms with Crippen LogP contribution in [0.1, 0.15) is 31.7 Å². The molecule has 1 saturated carbocycles. The smallest absolute Gasteiger partial charge is 0.406 e. The van der Waals surface area contributed by atoms with Crippen LogP contribution in [0.25, 0.3) is 0 Å². The molecule has 1 aromatic carbocycles. The van der Waals surface area contributed by atoms with Crippen molar-refractivity contribution in [3.05, 3.63) is 29.8 Å². The van der Waals surface area contributed by atoms with Gasteiger partial charge in [0.1, 0.15) is 5.75 Å². The van der Waals surface area contributed by atoms with Crippen LogP contribution < -0.4 is 10.1 Å². The number of hydrogen-bond donors (Lipinski definition) is 1. The van der Waals surface area contributed by atoms with E-state index >= 15 is 0 Å². The highest BCUT2D eigenvalue weighted by Crippen LogP contribution is 2.35. The fourth-order valence-corrected chi connectivity index (χ4v) is 2.51. The summed E-state index contributed by atoms with van der Waals surface area (Å²) in [4.78, 5) is 0. The summed E-state index contributed by atoms with van der Waals surface area (Å²) >= 11 is 0. The summed E-state index contributed by atoms with van der Waals surface area (Å²) in [6.07, 6.45) is -0.748. The molecule has 2 rings (SSSR count). The summed E-state index contributed by atoms with van der Waals surface area (Å²) in [6.45, 7) is 2.94. The molecule has 5 heteroatoms. The first-order chi connectivity index (χ1) is 9.49. The minimum Gasteiger partial charge on any atom is -0.406 e. The Morgan fingerprint density at radius 1 is 1.30 bits per heavy atom. The lowest BCUT2D eigenvalue weighted by molar-refractivity contribution is -0.274. The second-order valence-electron chi connectivity index (χ2n) is 5.20. The molecule has 1 aliphatic carbocycles. The molecule has 1 aromatic rings. The third kappa shape index (κ3) is 4.71. The third-order valence-corrected chi connectivity index (χ3v) is 3.58. The van der Waals surface area contributed by atoms with Crippen molar-refractivity contribution in [3.63, 3.8) is 0 Å². The standard InChI is InChI=1S/C15H20F3NO/c1-2-19-13(11-7-8-11)10-9-12-5-3-4-6-14(12)20-15(16,17)18/h3-6,11,13,19H,2,7-10H2,1H3. The molecule has 112 valence electrons. The van der Waals surface area contributed by atoms with Crippen LogP contribution in [0.3, 0.4) is 0 Å².